The van der Waals surface area contributed by atoms with Crippen molar-refractivity contribution in [2.45, 2.75) is 219 Å². The van der Waals surface area contributed by atoms with E-state index in [1.807, 2.05) is 0 Å². The molecule has 0 aliphatic rings. The van der Waals surface area contributed by atoms with Crippen molar-refractivity contribution in [1.29, 1.82) is 0 Å². The van der Waals surface area contributed by atoms with Crippen LogP contribution in [0.15, 0.2) is 48.6 Å². The van der Waals surface area contributed by atoms with Gasteiger partial charge < -0.3 is 14.2 Å². The smallest absolute Gasteiger partial charge is 0.306 e. The van der Waals surface area contributed by atoms with E-state index in [4.69, 9.17) is 14.2 Å². The molecule has 6 heteroatoms. The maximum absolute atomic E-state index is 12.6. The number of ether oxygens (including phenoxy) is 3. The van der Waals surface area contributed by atoms with Crippen LogP contribution >= 0.6 is 0 Å². The number of hydrogen-bond donors (Lipinski definition) is 0. The van der Waals surface area contributed by atoms with Gasteiger partial charge in [-0.3, -0.25) is 14.4 Å². The second-order valence-corrected chi connectivity index (χ2v) is 14.6. The van der Waals surface area contributed by atoms with Crippen molar-refractivity contribution in [2.75, 3.05) is 13.2 Å². The van der Waals surface area contributed by atoms with Crippen LogP contribution < -0.4 is 0 Å². The summed E-state index contributed by atoms with van der Waals surface area (Å²) in [7, 11) is 0. The summed E-state index contributed by atoms with van der Waals surface area (Å²) in [6.07, 6.45) is 48.2. The van der Waals surface area contributed by atoms with Gasteiger partial charge in [0.25, 0.3) is 0 Å². The molecule has 0 saturated heterocycles. The summed E-state index contributed by atoms with van der Waals surface area (Å²) in [5.41, 5.74) is 0. The largest absolute Gasteiger partial charge is 0.462 e. The summed E-state index contributed by atoms with van der Waals surface area (Å²) in [6, 6.07) is 0. The lowest BCUT2D eigenvalue weighted by Crippen LogP contribution is -2.30. The Morgan fingerprint density at radius 3 is 1.21 bits per heavy atom. The summed E-state index contributed by atoms with van der Waals surface area (Å²) in [6.45, 7) is 6.42. The topological polar surface area (TPSA) is 78.9 Å². The Morgan fingerprint density at radius 1 is 0.396 bits per heavy atom. The molecular formula is C47H82O6. The molecule has 1 atom stereocenters. The monoisotopic (exact) mass is 743 g/mol. The number of hydrogen-bond acceptors (Lipinski definition) is 6. The normalized spacial score (nSPS) is 12.4. The van der Waals surface area contributed by atoms with E-state index in [-0.39, 0.29) is 37.5 Å². The molecule has 0 bridgehead atoms. The Hall–Kier alpha value is -2.63. The third kappa shape index (κ3) is 40.4. The molecule has 0 radical (unpaired) electrons. The van der Waals surface area contributed by atoms with Crippen LogP contribution in [0.1, 0.15) is 213 Å². The first-order chi connectivity index (χ1) is 26.0. The van der Waals surface area contributed by atoms with Crippen molar-refractivity contribution in [3.63, 3.8) is 0 Å². The lowest BCUT2D eigenvalue weighted by Gasteiger charge is -2.18. The molecule has 0 aliphatic heterocycles. The number of carbonyl (C=O) groups excluding carboxylic acids is 3. The third-order valence-corrected chi connectivity index (χ3v) is 9.32. The number of allylic oxidation sites excluding steroid dienone is 8. The highest BCUT2D eigenvalue weighted by Crippen LogP contribution is 2.13. The third-order valence-electron chi connectivity index (χ3n) is 9.32. The van der Waals surface area contributed by atoms with Crippen molar-refractivity contribution in [1.82, 2.24) is 0 Å². The van der Waals surface area contributed by atoms with Crippen molar-refractivity contribution in [2.24, 2.45) is 0 Å². The van der Waals surface area contributed by atoms with Gasteiger partial charge in [0, 0.05) is 19.3 Å². The molecule has 53 heavy (non-hydrogen) atoms. The molecule has 0 fully saturated rings. The van der Waals surface area contributed by atoms with Gasteiger partial charge >= 0.3 is 17.9 Å². The molecule has 306 valence electrons. The van der Waals surface area contributed by atoms with Crippen molar-refractivity contribution in [3.05, 3.63) is 48.6 Å². The summed E-state index contributed by atoms with van der Waals surface area (Å²) in [4.78, 5) is 37.5. The predicted octanol–water partition coefficient (Wildman–Crippen LogP) is 14.0. The van der Waals surface area contributed by atoms with E-state index in [0.29, 0.717) is 19.3 Å². The maximum atomic E-state index is 12.6. The first-order valence-electron chi connectivity index (χ1n) is 22.1. The van der Waals surface area contributed by atoms with Gasteiger partial charge in [0.2, 0.25) is 0 Å². The zero-order valence-electron chi connectivity index (χ0n) is 34.8. The molecule has 0 spiro atoms. The Balaban J connectivity index is 4.32. The van der Waals surface area contributed by atoms with Crippen LogP contribution in [-0.4, -0.2) is 37.2 Å². The minimum absolute atomic E-state index is 0.0880. The van der Waals surface area contributed by atoms with Gasteiger partial charge in [0.15, 0.2) is 6.10 Å². The molecule has 0 aromatic rings. The van der Waals surface area contributed by atoms with Gasteiger partial charge in [0.05, 0.1) is 0 Å². The van der Waals surface area contributed by atoms with E-state index in [0.717, 1.165) is 77.0 Å². The second kappa shape index (κ2) is 42.1. The quantitative estimate of drug-likeness (QED) is 0.0270. The highest BCUT2D eigenvalue weighted by Gasteiger charge is 2.19. The Morgan fingerprint density at radius 2 is 0.736 bits per heavy atom. The van der Waals surface area contributed by atoms with E-state index in [1.165, 1.54) is 89.9 Å². The van der Waals surface area contributed by atoms with E-state index in [1.54, 1.807) is 0 Å². The first-order valence-corrected chi connectivity index (χ1v) is 22.1. The molecule has 0 rings (SSSR count). The molecule has 0 N–H and O–H groups in total. The summed E-state index contributed by atoms with van der Waals surface area (Å²) >= 11 is 0. The number of esters is 3. The van der Waals surface area contributed by atoms with Gasteiger partial charge in [-0.2, -0.15) is 0 Å². The van der Waals surface area contributed by atoms with E-state index < -0.39 is 6.10 Å². The van der Waals surface area contributed by atoms with Crippen LogP contribution in [0.3, 0.4) is 0 Å². The summed E-state index contributed by atoms with van der Waals surface area (Å²) in [5, 5.41) is 0. The summed E-state index contributed by atoms with van der Waals surface area (Å²) < 4.78 is 16.6. The zero-order chi connectivity index (χ0) is 38.7. The Labute approximate surface area is 327 Å². The Kier molecular flexibility index (Phi) is 40.0. The van der Waals surface area contributed by atoms with Gasteiger partial charge in [-0.1, -0.05) is 166 Å². The highest BCUT2D eigenvalue weighted by molar-refractivity contribution is 5.71. The van der Waals surface area contributed by atoms with Crippen LogP contribution in [0.4, 0.5) is 0 Å². The minimum atomic E-state index is -0.786. The first kappa shape index (κ1) is 50.4. The van der Waals surface area contributed by atoms with Crippen LogP contribution in [-0.2, 0) is 28.6 Å². The number of rotatable bonds is 39. The fourth-order valence-electron chi connectivity index (χ4n) is 5.98. The lowest BCUT2D eigenvalue weighted by atomic mass is 10.1. The molecule has 6 nitrogen and oxygen atoms in total. The van der Waals surface area contributed by atoms with Crippen LogP contribution in [0.2, 0.25) is 0 Å². The molecule has 0 heterocycles. The van der Waals surface area contributed by atoms with Crippen molar-refractivity contribution < 1.29 is 28.6 Å². The molecule has 0 aliphatic carbocycles. The fraction of sp³-hybridized carbons (Fsp3) is 0.766. The van der Waals surface area contributed by atoms with Gasteiger partial charge in [-0.05, 0) is 77.0 Å². The van der Waals surface area contributed by atoms with Crippen molar-refractivity contribution in [3.8, 4) is 0 Å². The van der Waals surface area contributed by atoms with Crippen LogP contribution in [0.25, 0.3) is 0 Å². The number of unbranched alkanes of at least 4 members (excludes halogenated alkanes) is 20. The molecule has 1 unspecified atom stereocenters. The van der Waals surface area contributed by atoms with E-state index >= 15 is 0 Å². The fourth-order valence-corrected chi connectivity index (χ4v) is 5.98. The molecule has 0 amide bonds. The van der Waals surface area contributed by atoms with Gasteiger partial charge in [-0.15, -0.1) is 0 Å². The zero-order valence-corrected chi connectivity index (χ0v) is 34.8. The van der Waals surface area contributed by atoms with Gasteiger partial charge in [0.1, 0.15) is 13.2 Å². The predicted molar refractivity (Wildman–Crippen MR) is 224 cm³/mol. The summed E-state index contributed by atoms with van der Waals surface area (Å²) in [5.74, 6) is -0.939. The molecule has 0 saturated carbocycles. The minimum Gasteiger partial charge on any atom is -0.462 e. The SMILES string of the molecule is CC/C=C\C/C=C\CCCCC(=O)OC(COC(=O)CCCCCCCCC/C=C\C/C=C\CCCCC)COC(=O)CCCCCCCCCCC. The number of carbonyl (C=O) groups is 3. The highest BCUT2D eigenvalue weighted by atomic mass is 16.6. The van der Waals surface area contributed by atoms with Crippen LogP contribution in [0, 0.1) is 0 Å². The molecular weight excluding hydrogens is 661 g/mol. The van der Waals surface area contributed by atoms with E-state index in [2.05, 4.69) is 69.4 Å². The maximum Gasteiger partial charge on any atom is 0.306 e. The average molecular weight is 743 g/mol. The lowest BCUT2D eigenvalue weighted by molar-refractivity contribution is -0.167. The van der Waals surface area contributed by atoms with Crippen LogP contribution in [0.5, 0.6) is 0 Å². The van der Waals surface area contributed by atoms with E-state index in [9.17, 15) is 14.4 Å². The van der Waals surface area contributed by atoms with Crippen molar-refractivity contribution >= 4 is 17.9 Å². The molecule has 0 aromatic carbocycles. The molecule has 0 aromatic heterocycles. The Bertz CT molecular complexity index is 949. The standard InChI is InChI=1S/C47H82O6/c1-4-7-10-13-16-19-20-21-22-23-24-25-26-29-31-34-37-40-46(49)52-43-44(53-47(50)41-38-35-32-28-18-15-12-9-6-3)42-51-45(48)39-36-33-30-27-17-14-11-8-5-2/h9,12,16,18-19,21-22,28,44H,4-8,10-11,13-15,17,20,23-27,29-43H2,1-3H3/b12-9-,19-16-,22-21-,28-18-. The average Bonchev–Trinajstić information content (AvgIpc) is 3.15. The van der Waals surface area contributed by atoms with Gasteiger partial charge in [-0.25, -0.2) is 0 Å². The second-order valence-electron chi connectivity index (χ2n) is 14.6.